The number of carbonyl (C=O) groups is 3. The number of hydrogen-bond donors (Lipinski definition) is 1. The van der Waals surface area contributed by atoms with Crippen LogP contribution in [0.25, 0.3) is 5.57 Å². The van der Waals surface area contributed by atoms with Gasteiger partial charge in [0.15, 0.2) is 11.6 Å². The summed E-state index contributed by atoms with van der Waals surface area (Å²) in [4.78, 5) is 46.4. The first-order valence-electron chi connectivity index (χ1n) is 13.5. The van der Waals surface area contributed by atoms with Gasteiger partial charge in [0.1, 0.15) is 11.5 Å². The number of fused-ring (bicyclic) bond motifs is 6. The van der Waals surface area contributed by atoms with E-state index in [2.05, 4.69) is 22.4 Å². The van der Waals surface area contributed by atoms with Crippen molar-refractivity contribution in [1.29, 1.82) is 0 Å². The zero-order valence-electron chi connectivity index (χ0n) is 22.5. The van der Waals surface area contributed by atoms with Gasteiger partial charge in [-0.15, -0.1) is 11.3 Å². The fraction of sp³-hybridized carbons (Fsp3) is 0.206. The highest BCUT2D eigenvalue weighted by Gasteiger charge is 2.70. The standard InChI is InChI=1S/C34H28N2O3S/c1-19-10-13-22(14-11-19)31(37)29-30(32(38)27-9-6-16-40-27)36-26-15-12-20(2)17-23(26)21(3)18-28(36)34(29)24-7-4-5-8-25(24)35-33(34)39/h4-18,28-30H,1-3H3,(H,35,39)/t28-,29-,30-,34+/m1/s1. The van der Waals surface area contributed by atoms with Crippen LogP contribution in [0.3, 0.4) is 0 Å². The van der Waals surface area contributed by atoms with Crippen molar-refractivity contribution in [3.63, 3.8) is 0 Å². The summed E-state index contributed by atoms with van der Waals surface area (Å²) in [5, 5.41) is 4.97. The van der Waals surface area contributed by atoms with Gasteiger partial charge in [0, 0.05) is 22.5 Å². The van der Waals surface area contributed by atoms with E-state index in [-0.39, 0.29) is 17.5 Å². The molecule has 1 amide bonds. The molecule has 5 nitrogen and oxygen atoms in total. The van der Waals surface area contributed by atoms with Crippen LogP contribution in [0.1, 0.15) is 49.2 Å². The highest BCUT2D eigenvalue weighted by molar-refractivity contribution is 7.12. The van der Waals surface area contributed by atoms with Crippen LogP contribution >= 0.6 is 11.3 Å². The Hall–Kier alpha value is -4.29. The van der Waals surface area contributed by atoms with Gasteiger partial charge < -0.3 is 10.2 Å². The summed E-state index contributed by atoms with van der Waals surface area (Å²) in [6.45, 7) is 6.07. The second-order valence-electron chi connectivity index (χ2n) is 11.1. The van der Waals surface area contributed by atoms with E-state index in [0.29, 0.717) is 16.1 Å². The zero-order chi connectivity index (χ0) is 27.8. The molecule has 1 fully saturated rings. The Morgan fingerprint density at radius 3 is 2.38 bits per heavy atom. The molecule has 1 saturated heterocycles. The minimum atomic E-state index is -1.29. The van der Waals surface area contributed by atoms with Crippen LogP contribution in [-0.4, -0.2) is 29.6 Å². The number of anilines is 2. The Bertz CT molecular complexity index is 1740. The van der Waals surface area contributed by atoms with Crippen LogP contribution in [0.2, 0.25) is 0 Å². The number of nitrogens with one attached hydrogen (secondary N) is 1. The van der Waals surface area contributed by atoms with Gasteiger partial charge in [-0.2, -0.15) is 0 Å². The van der Waals surface area contributed by atoms with Gasteiger partial charge >= 0.3 is 0 Å². The second kappa shape index (κ2) is 8.86. The molecule has 40 heavy (non-hydrogen) atoms. The van der Waals surface area contributed by atoms with E-state index in [9.17, 15) is 14.4 Å². The molecule has 198 valence electrons. The lowest BCUT2D eigenvalue weighted by Crippen LogP contribution is -2.51. The first kappa shape index (κ1) is 24.7. The van der Waals surface area contributed by atoms with Crippen molar-refractivity contribution in [2.24, 2.45) is 5.92 Å². The molecule has 1 N–H and O–H groups in total. The van der Waals surface area contributed by atoms with Gasteiger partial charge in [-0.25, -0.2) is 0 Å². The lowest BCUT2D eigenvalue weighted by atomic mass is 9.64. The van der Waals surface area contributed by atoms with Gasteiger partial charge in [0.2, 0.25) is 5.91 Å². The van der Waals surface area contributed by atoms with E-state index >= 15 is 0 Å². The number of ketones is 2. The molecule has 7 rings (SSSR count). The highest BCUT2D eigenvalue weighted by Crippen LogP contribution is 2.59. The molecule has 1 spiro atoms. The summed E-state index contributed by atoms with van der Waals surface area (Å²) in [5.74, 6) is -1.53. The number of hydrogen-bond acceptors (Lipinski definition) is 5. The fourth-order valence-corrected chi connectivity index (χ4v) is 7.71. The minimum absolute atomic E-state index is 0.140. The summed E-state index contributed by atoms with van der Waals surface area (Å²) in [7, 11) is 0. The van der Waals surface area contributed by atoms with Gasteiger partial charge in [0.05, 0.1) is 16.8 Å². The third-order valence-electron chi connectivity index (χ3n) is 8.78. The molecule has 4 heterocycles. The van der Waals surface area contributed by atoms with E-state index < -0.39 is 23.4 Å². The van der Waals surface area contributed by atoms with Crippen molar-refractivity contribution in [1.82, 2.24) is 0 Å². The van der Waals surface area contributed by atoms with E-state index in [1.165, 1.54) is 11.3 Å². The van der Waals surface area contributed by atoms with E-state index in [0.717, 1.165) is 33.5 Å². The summed E-state index contributed by atoms with van der Waals surface area (Å²) in [6, 6.07) is 23.5. The first-order chi connectivity index (χ1) is 19.3. The topological polar surface area (TPSA) is 66.5 Å². The van der Waals surface area contributed by atoms with Gasteiger partial charge in [-0.05, 0) is 61.6 Å². The summed E-state index contributed by atoms with van der Waals surface area (Å²) < 4.78 is 0. The summed E-state index contributed by atoms with van der Waals surface area (Å²) in [6.07, 6.45) is 2.10. The van der Waals surface area contributed by atoms with Crippen LogP contribution in [0, 0.1) is 19.8 Å². The van der Waals surface area contributed by atoms with Crippen molar-refractivity contribution in [2.75, 3.05) is 10.2 Å². The number of nitrogens with zero attached hydrogens (tertiary/aromatic N) is 1. The van der Waals surface area contributed by atoms with Crippen LogP contribution in [-0.2, 0) is 10.2 Å². The molecular formula is C34H28N2O3S. The van der Waals surface area contributed by atoms with Gasteiger partial charge in [-0.3, -0.25) is 14.4 Å². The quantitative estimate of drug-likeness (QED) is 0.294. The maximum Gasteiger partial charge on any atom is 0.238 e. The maximum absolute atomic E-state index is 14.8. The van der Waals surface area contributed by atoms with Gasteiger partial charge in [0.25, 0.3) is 0 Å². The molecule has 0 bridgehead atoms. The summed E-state index contributed by atoms with van der Waals surface area (Å²) in [5.41, 5.74) is 5.74. The lowest BCUT2D eigenvalue weighted by molar-refractivity contribution is -0.121. The van der Waals surface area contributed by atoms with Crippen molar-refractivity contribution < 1.29 is 14.4 Å². The van der Waals surface area contributed by atoms with Crippen molar-refractivity contribution in [3.8, 4) is 0 Å². The molecule has 3 aliphatic heterocycles. The average Bonchev–Trinajstić information content (AvgIpc) is 3.66. The highest BCUT2D eigenvalue weighted by atomic mass is 32.1. The number of para-hydroxylation sites is 1. The number of aryl methyl sites for hydroxylation is 2. The van der Waals surface area contributed by atoms with E-state index in [4.69, 9.17) is 0 Å². The largest absolute Gasteiger partial charge is 0.352 e. The predicted molar refractivity (Wildman–Crippen MR) is 159 cm³/mol. The Morgan fingerprint density at radius 1 is 0.875 bits per heavy atom. The maximum atomic E-state index is 14.8. The predicted octanol–water partition coefficient (Wildman–Crippen LogP) is 6.61. The Morgan fingerprint density at radius 2 is 1.62 bits per heavy atom. The van der Waals surface area contributed by atoms with Crippen LogP contribution in [0.15, 0.2) is 90.3 Å². The molecule has 3 aliphatic rings. The molecule has 1 aromatic heterocycles. The van der Waals surface area contributed by atoms with Crippen molar-refractivity contribution in [3.05, 3.63) is 123 Å². The minimum Gasteiger partial charge on any atom is -0.352 e. The Kier molecular flexibility index (Phi) is 5.48. The number of thiophene rings is 1. The number of Topliss-reactive ketones (excluding diaryl/α,β-unsaturated/α-hetero) is 2. The summed E-state index contributed by atoms with van der Waals surface area (Å²) >= 11 is 1.37. The van der Waals surface area contributed by atoms with Crippen molar-refractivity contribution >= 4 is 45.8 Å². The monoisotopic (exact) mass is 544 g/mol. The number of carbonyl (C=O) groups excluding carboxylic acids is 3. The molecule has 0 unspecified atom stereocenters. The second-order valence-corrected chi connectivity index (χ2v) is 12.0. The molecular weight excluding hydrogens is 516 g/mol. The average molecular weight is 545 g/mol. The fourth-order valence-electron chi connectivity index (χ4n) is 7.01. The normalized spacial score (nSPS) is 24.3. The molecule has 4 atom stereocenters. The first-order valence-corrected chi connectivity index (χ1v) is 14.4. The number of amides is 1. The number of allylic oxidation sites excluding steroid dienone is 1. The van der Waals surface area contributed by atoms with E-state index in [1.807, 2.05) is 98.9 Å². The molecule has 4 aromatic rings. The van der Waals surface area contributed by atoms with Crippen molar-refractivity contribution in [2.45, 2.75) is 38.3 Å². The zero-order valence-corrected chi connectivity index (χ0v) is 23.3. The third kappa shape index (κ3) is 3.29. The number of rotatable bonds is 4. The SMILES string of the molecule is CC1=C[C@H]2N(c3ccc(C)cc31)[C@@H](C(=O)c1cccs1)[C@H](C(=O)c1ccc(C)cc1)[C@@]21C(=O)Nc2ccccc21. The van der Waals surface area contributed by atoms with Gasteiger partial charge in [-0.1, -0.05) is 71.8 Å². The van der Waals surface area contributed by atoms with Crippen LogP contribution in [0.5, 0.6) is 0 Å². The Labute approximate surface area is 237 Å². The number of benzene rings is 3. The molecule has 3 aromatic carbocycles. The Balaban J connectivity index is 1.56. The smallest absolute Gasteiger partial charge is 0.238 e. The van der Waals surface area contributed by atoms with Crippen LogP contribution < -0.4 is 10.2 Å². The lowest BCUT2D eigenvalue weighted by Gasteiger charge is -2.39. The molecule has 0 aliphatic carbocycles. The third-order valence-corrected chi connectivity index (χ3v) is 9.67. The van der Waals surface area contributed by atoms with E-state index in [1.54, 1.807) is 0 Å². The molecule has 0 saturated carbocycles. The van der Waals surface area contributed by atoms with Crippen LogP contribution in [0.4, 0.5) is 11.4 Å². The molecule has 0 radical (unpaired) electrons. The molecule has 6 heteroatoms.